The van der Waals surface area contributed by atoms with E-state index in [0.717, 1.165) is 69.1 Å². The van der Waals surface area contributed by atoms with Gasteiger partial charge in [-0.15, -0.1) is 0 Å². The van der Waals surface area contributed by atoms with Crippen LogP contribution in [0.2, 0.25) is 0 Å². The molecule has 4 saturated carbocycles. The van der Waals surface area contributed by atoms with Crippen molar-refractivity contribution in [1.82, 2.24) is 0 Å². The molecule has 5 aliphatic carbocycles. The molecule has 2 N–H and O–H groups in total. The first-order chi connectivity index (χ1) is 20.3. The minimum absolute atomic E-state index is 0.218. The molecule has 4 nitrogen and oxygen atoms in total. The number of aliphatic hydroxyl groups is 2. The Morgan fingerprint density at radius 3 is 2.28 bits per heavy atom. The number of fused-ring (bicyclic) bond motifs is 5. The zero-order valence-corrected chi connectivity index (χ0v) is 28.2. The van der Waals surface area contributed by atoms with Crippen molar-refractivity contribution in [3.8, 4) is 0 Å². The van der Waals surface area contributed by atoms with Gasteiger partial charge in [0.1, 0.15) is 0 Å². The Balaban J connectivity index is 1.18. The van der Waals surface area contributed by atoms with E-state index in [2.05, 4.69) is 33.8 Å². The summed E-state index contributed by atoms with van der Waals surface area (Å²) in [5, 5.41) is 22.2. The third kappa shape index (κ3) is 6.06. The van der Waals surface area contributed by atoms with Crippen molar-refractivity contribution < 1.29 is 18.6 Å². The zero-order chi connectivity index (χ0) is 30.7. The Hall–Kier alpha value is -1.17. The molecular formula is C38H58O4S. The van der Waals surface area contributed by atoms with E-state index in [1.807, 2.05) is 18.2 Å². The molecular weight excluding hydrogens is 552 g/mol. The van der Waals surface area contributed by atoms with Gasteiger partial charge in [-0.1, -0.05) is 57.5 Å². The summed E-state index contributed by atoms with van der Waals surface area (Å²) in [5.41, 5.74) is 0.661. The monoisotopic (exact) mass is 610 g/mol. The summed E-state index contributed by atoms with van der Waals surface area (Å²) in [4.78, 5) is 0.406. The van der Waals surface area contributed by atoms with Gasteiger partial charge in [0.05, 0.1) is 21.3 Å². The lowest BCUT2D eigenvalue weighted by atomic mass is 9.51. The highest BCUT2D eigenvalue weighted by atomic mass is 32.2. The van der Waals surface area contributed by atoms with Crippen molar-refractivity contribution in [3.63, 3.8) is 0 Å². The fourth-order valence-corrected chi connectivity index (χ4v) is 12.7. The third-order valence-electron chi connectivity index (χ3n) is 13.9. The molecule has 6 rings (SSSR count). The SMILES string of the molecule is CC[C@]1(O)CCC2C(=CCC3C2CCC2(C)C(CCC(CC4(O)CCC(C)(C)CC4)S(=O)(=O)c4ccccc4)CCC32)C1. The Morgan fingerprint density at radius 2 is 1.58 bits per heavy atom. The second kappa shape index (κ2) is 11.6. The Morgan fingerprint density at radius 1 is 0.860 bits per heavy atom. The standard InChI is InChI=1S/C38H58O4S/c1-5-37(39)20-18-31-27(25-37)11-15-33-32(31)17-19-36(4)28(13-16-34(33)36)12-14-30(43(41,42)29-9-7-6-8-10-29)26-38(40)23-21-35(2,3)22-24-38/h6-11,28,30-34,39-40H,5,12-26H2,1-4H3/t28?,30?,31?,32?,33?,34?,36?,37-/m0/s1. The van der Waals surface area contributed by atoms with Crippen molar-refractivity contribution in [1.29, 1.82) is 0 Å². The summed E-state index contributed by atoms with van der Waals surface area (Å²) in [7, 11) is -3.54. The lowest BCUT2D eigenvalue weighted by Gasteiger charge is -2.54. The maximum atomic E-state index is 14.1. The molecule has 0 amide bonds. The Kier molecular flexibility index (Phi) is 8.55. The van der Waals surface area contributed by atoms with E-state index in [4.69, 9.17) is 0 Å². The van der Waals surface area contributed by atoms with Gasteiger partial charge in [0.15, 0.2) is 9.84 Å². The fourth-order valence-electron chi connectivity index (χ4n) is 10.8. The van der Waals surface area contributed by atoms with Gasteiger partial charge in [-0.05, 0) is 155 Å². The fraction of sp³-hybridized carbons (Fsp3) is 0.789. The molecule has 0 aliphatic heterocycles. The summed E-state index contributed by atoms with van der Waals surface area (Å²) >= 11 is 0. The van der Waals surface area contributed by atoms with Crippen molar-refractivity contribution in [3.05, 3.63) is 42.0 Å². The molecule has 1 aromatic carbocycles. The predicted molar refractivity (Wildman–Crippen MR) is 174 cm³/mol. The van der Waals surface area contributed by atoms with Crippen molar-refractivity contribution >= 4 is 9.84 Å². The van der Waals surface area contributed by atoms with E-state index < -0.39 is 26.3 Å². The Labute approximate surface area is 262 Å². The minimum atomic E-state index is -3.54. The van der Waals surface area contributed by atoms with Crippen molar-refractivity contribution in [2.75, 3.05) is 0 Å². The lowest BCUT2D eigenvalue weighted by molar-refractivity contribution is -0.0422. The highest BCUT2D eigenvalue weighted by Gasteiger charge is 2.56. The van der Waals surface area contributed by atoms with Crippen LogP contribution in [0.4, 0.5) is 0 Å². The van der Waals surface area contributed by atoms with E-state index in [-0.39, 0.29) is 10.8 Å². The second-order valence-electron chi connectivity index (χ2n) is 16.8. The van der Waals surface area contributed by atoms with Crippen LogP contribution in [0.15, 0.2) is 46.9 Å². The summed E-state index contributed by atoms with van der Waals surface area (Å²) in [6.45, 7) is 9.19. The molecule has 8 atom stereocenters. The smallest absolute Gasteiger partial charge is 0.181 e. The molecule has 0 saturated heterocycles. The number of benzene rings is 1. The maximum Gasteiger partial charge on any atom is 0.181 e. The zero-order valence-electron chi connectivity index (χ0n) is 27.4. The van der Waals surface area contributed by atoms with Gasteiger partial charge in [0.25, 0.3) is 0 Å². The van der Waals surface area contributed by atoms with Gasteiger partial charge < -0.3 is 10.2 Å². The van der Waals surface area contributed by atoms with Gasteiger partial charge in [-0.2, -0.15) is 0 Å². The number of allylic oxidation sites excluding steroid dienone is 1. The molecule has 0 aromatic heterocycles. The van der Waals surface area contributed by atoms with E-state index >= 15 is 0 Å². The molecule has 5 heteroatoms. The molecule has 0 bridgehead atoms. The van der Waals surface area contributed by atoms with Crippen LogP contribution in [-0.4, -0.2) is 35.1 Å². The van der Waals surface area contributed by atoms with Crippen LogP contribution < -0.4 is 0 Å². The van der Waals surface area contributed by atoms with Crippen LogP contribution in [0, 0.1) is 40.4 Å². The van der Waals surface area contributed by atoms with Gasteiger partial charge in [-0.3, -0.25) is 0 Å². The van der Waals surface area contributed by atoms with Gasteiger partial charge in [0.2, 0.25) is 0 Å². The molecule has 0 heterocycles. The summed E-state index contributed by atoms with van der Waals surface area (Å²) in [6.07, 6.45) is 17.7. The van der Waals surface area contributed by atoms with Crippen LogP contribution in [0.3, 0.4) is 0 Å². The summed E-state index contributed by atoms with van der Waals surface area (Å²) in [6, 6.07) is 9.00. The third-order valence-corrected chi connectivity index (χ3v) is 16.1. The molecule has 0 radical (unpaired) electrons. The minimum Gasteiger partial charge on any atom is -0.390 e. The van der Waals surface area contributed by atoms with E-state index in [9.17, 15) is 18.6 Å². The van der Waals surface area contributed by atoms with Crippen molar-refractivity contribution in [2.24, 2.45) is 40.4 Å². The molecule has 1 aromatic rings. The molecule has 7 unspecified atom stereocenters. The van der Waals surface area contributed by atoms with Gasteiger partial charge >= 0.3 is 0 Å². The maximum absolute atomic E-state index is 14.1. The molecule has 0 spiro atoms. The lowest BCUT2D eigenvalue weighted by Crippen LogP contribution is -2.47. The van der Waals surface area contributed by atoms with E-state index in [1.165, 1.54) is 25.7 Å². The topological polar surface area (TPSA) is 74.6 Å². The molecule has 5 aliphatic rings. The number of sulfone groups is 1. The van der Waals surface area contributed by atoms with Crippen molar-refractivity contribution in [2.45, 2.75) is 152 Å². The molecule has 240 valence electrons. The van der Waals surface area contributed by atoms with Crippen LogP contribution in [0.5, 0.6) is 0 Å². The first kappa shape index (κ1) is 31.8. The van der Waals surface area contributed by atoms with Gasteiger partial charge in [-0.25, -0.2) is 8.42 Å². The molecule has 4 fully saturated rings. The summed E-state index contributed by atoms with van der Waals surface area (Å²) in [5.74, 6) is 3.43. The van der Waals surface area contributed by atoms with Crippen LogP contribution in [0.25, 0.3) is 0 Å². The molecule has 43 heavy (non-hydrogen) atoms. The van der Waals surface area contributed by atoms with E-state index in [1.54, 1.807) is 17.7 Å². The highest BCUT2D eigenvalue weighted by molar-refractivity contribution is 7.92. The average molecular weight is 611 g/mol. The van der Waals surface area contributed by atoms with Crippen LogP contribution in [0.1, 0.15) is 130 Å². The second-order valence-corrected chi connectivity index (χ2v) is 19.0. The highest BCUT2D eigenvalue weighted by Crippen LogP contribution is 2.64. The first-order valence-corrected chi connectivity index (χ1v) is 19.2. The quantitative estimate of drug-likeness (QED) is 0.289. The van der Waals surface area contributed by atoms with E-state index in [0.29, 0.717) is 42.4 Å². The van der Waals surface area contributed by atoms with Gasteiger partial charge in [0, 0.05) is 0 Å². The normalized spacial score (nSPS) is 39.2. The largest absolute Gasteiger partial charge is 0.390 e. The number of rotatable bonds is 8. The van der Waals surface area contributed by atoms with Crippen LogP contribution in [-0.2, 0) is 9.84 Å². The summed E-state index contributed by atoms with van der Waals surface area (Å²) < 4.78 is 28.2. The number of hydrogen-bond donors (Lipinski definition) is 2. The first-order valence-electron chi connectivity index (χ1n) is 17.7. The Bertz CT molecular complexity index is 1270. The van der Waals surface area contributed by atoms with Crippen LogP contribution >= 0.6 is 0 Å². The predicted octanol–water partition coefficient (Wildman–Crippen LogP) is 8.66. The average Bonchev–Trinajstić information content (AvgIpc) is 3.33. The number of hydrogen-bond acceptors (Lipinski definition) is 4.